The molecule has 10 heteroatoms. The number of benzene rings is 2. The molecule has 2 rings (SSSR count). The van der Waals surface area contributed by atoms with Crippen LogP contribution in [0.4, 0.5) is 0 Å². The van der Waals surface area contributed by atoms with Crippen LogP contribution in [-0.4, -0.2) is 44.3 Å². The van der Waals surface area contributed by atoms with Gasteiger partial charge in [-0.2, -0.15) is 0 Å². The SMILES string of the molecule is O=C(O)c1ccc(-c2cc(I)c(C(=O)O)c(C(=O)O)c2I)cc1C(=O)O. The summed E-state index contributed by atoms with van der Waals surface area (Å²) in [4.78, 5) is 45.4. The quantitative estimate of drug-likeness (QED) is 0.393. The van der Waals surface area contributed by atoms with Gasteiger partial charge < -0.3 is 20.4 Å². The van der Waals surface area contributed by atoms with Crippen molar-refractivity contribution in [3.8, 4) is 11.1 Å². The first-order chi connectivity index (χ1) is 12.1. The fourth-order valence-electron chi connectivity index (χ4n) is 2.32. The van der Waals surface area contributed by atoms with Crippen molar-refractivity contribution in [2.24, 2.45) is 0 Å². The van der Waals surface area contributed by atoms with E-state index in [0.717, 1.165) is 12.1 Å². The van der Waals surface area contributed by atoms with Gasteiger partial charge in [-0.15, -0.1) is 0 Å². The molecule has 0 saturated heterocycles. The average molecular weight is 582 g/mol. The Kier molecular flexibility index (Phi) is 5.85. The predicted molar refractivity (Wildman–Crippen MR) is 105 cm³/mol. The van der Waals surface area contributed by atoms with Crippen LogP contribution in [0, 0.1) is 7.14 Å². The maximum Gasteiger partial charge on any atom is 0.337 e. The molecule has 0 bridgehead atoms. The minimum Gasteiger partial charge on any atom is -0.478 e. The van der Waals surface area contributed by atoms with Gasteiger partial charge in [0.25, 0.3) is 0 Å². The normalized spacial score (nSPS) is 10.4. The zero-order valence-electron chi connectivity index (χ0n) is 12.5. The number of aromatic carboxylic acids is 4. The van der Waals surface area contributed by atoms with Crippen LogP contribution in [0.2, 0.25) is 0 Å². The second-order valence-corrected chi connectivity index (χ2v) is 7.19. The Bertz CT molecular complexity index is 981. The Hall–Kier alpha value is -2.22. The minimum absolute atomic E-state index is 0.104. The molecule has 0 amide bonds. The fraction of sp³-hybridized carbons (Fsp3) is 0. The number of hydrogen-bond donors (Lipinski definition) is 4. The summed E-state index contributed by atoms with van der Waals surface area (Å²) in [5.41, 5.74) is -1.11. The summed E-state index contributed by atoms with van der Waals surface area (Å²) < 4.78 is 0.259. The van der Waals surface area contributed by atoms with E-state index >= 15 is 0 Å². The van der Waals surface area contributed by atoms with E-state index in [0.29, 0.717) is 0 Å². The fourth-order valence-corrected chi connectivity index (χ4v) is 4.10. The van der Waals surface area contributed by atoms with Crippen molar-refractivity contribution < 1.29 is 39.6 Å². The number of carbonyl (C=O) groups is 4. The largest absolute Gasteiger partial charge is 0.478 e. The number of rotatable bonds is 5. The Morgan fingerprint density at radius 3 is 1.69 bits per heavy atom. The zero-order valence-corrected chi connectivity index (χ0v) is 16.8. The van der Waals surface area contributed by atoms with Gasteiger partial charge in [0.05, 0.1) is 22.3 Å². The van der Waals surface area contributed by atoms with Crippen molar-refractivity contribution in [3.63, 3.8) is 0 Å². The van der Waals surface area contributed by atoms with E-state index in [4.69, 9.17) is 5.11 Å². The summed E-state index contributed by atoms with van der Waals surface area (Å²) in [6.45, 7) is 0. The molecule has 2 aromatic rings. The van der Waals surface area contributed by atoms with Gasteiger partial charge in [0.15, 0.2) is 0 Å². The van der Waals surface area contributed by atoms with Gasteiger partial charge >= 0.3 is 23.9 Å². The lowest BCUT2D eigenvalue weighted by Gasteiger charge is -2.14. The predicted octanol–water partition coefficient (Wildman–Crippen LogP) is 3.36. The smallest absolute Gasteiger partial charge is 0.337 e. The molecule has 0 aliphatic rings. The first-order valence-electron chi connectivity index (χ1n) is 6.65. The number of carboxylic acids is 4. The van der Waals surface area contributed by atoms with E-state index in [9.17, 15) is 34.5 Å². The molecular weight excluding hydrogens is 574 g/mol. The highest BCUT2D eigenvalue weighted by Crippen LogP contribution is 2.34. The Morgan fingerprint density at radius 2 is 1.23 bits per heavy atom. The zero-order chi connectivity index (χ0) is 19.8. The third-order valence-corrected chi connectivity index (χ3v) is 5.41. The monoisotopic (exact) mass is 582 g/mol. The lowest BCUT2D eigenvalue weighted by atomic mass is 9.96. The maximum absolute atomic E-state index is 11.6. The Balaban J connectivity index is 2.84. The van der Waals surface area contributed by atoms with Gasteiger partial charge in [-0.05, 0) is 74.5 Å². The first kappa shape index (κ1) is 20.1. The third kappa shape index (κ3) is 3.65. The molecule has 0 atom stereocenters. The van der Waals surface area contributed by atoms with Crippen LogP contribution < -0.4 is 0 Å². The summed E-state index contributed by atoms with van der Waals surface area (Å²) in [6.07, 6.45) is 0. The van der Waals surface area contributed by atoms with Crippen molar-refractivity contribution in [1.82, 2.24) is 0 Å². The van der Waals surface area contributed by atoms with Crippen LogP contribution in [0.3, 0.4) is 0 Å². The standard InChI is InChI=1S/C16H8I2O8/c17-9-4-7(12(18)11(16(25)26)10(9)15(23)24)5-1-2-6(13(19)20)8(3-5)14(21)22/h1-4H,(H,19,20)(H,21,22)(H,23,24)(H,25,26). The number of hydrogen-bond acceptors (Lipinski definition) is 4. The summed E-state index contributed by atoms with van der Waals surface area (Å²) >= 11 is 3.36. The summed E-state index contributed by atoms with van der Waals surface area (Å²) in [6, 6.07) is 4.98. The highest BCUT2D eigenvalue weighted by atomic mass is 127. The molecule has 0 spiro atoms. The van der Waals surface area contributed by atoms with Crippen LogP contribution in [0.1, 0.15) is 41.4 Å². The molecule has 0 aromatic heterocycles. The van der Waals surface area contributed by atoms with E-state index in [1.807, 2.05) is 0 Å². The molecule has 0 unspecified atom stereocenters. The number of carboxylic acid groups (broad SMARTS) is 4. The van der Waals surface area contributed by atoms with E-state index in [2.05, 4.69) is 0 Å². The molecule has 0 aliphatic heterocycles. The Labute approximate surface area is 172 Å². The van der Waals surface area contributed by atoms with Crippen LogP contribution in [0.25, 0.3) is 11.1 Å². The molecule has 0 aliphatic carbocycles. The van der Waals surface area contributed by atoms with Gasteiger partial charge in [0, 0.05) is 7.14 Å². The molecule has 2 aromatic carbocycles. The number of halogens is 2. The highest BCUT2D eigenvalue weighted by Gasteiger charge is 2.26. The molecule has 0 heterocycles. The summed E-state index contributed by atoms with van der Waals surface area (Å²) in [5.74, 6) is -5.70. The molecule has 4 N–H and O–H groups in total. The van der Waals surface area contributed by atoms with Gasteiger partial charge in [0.1, 0.15) is 0 Å². The van der Waals surface area contributed by atoms with Crippen LogP contribution in [-0.2, 0) is 0 Å². The van der Waals surface area contributed by atoms with E-state index in [1.165, 1.54) is 12.1 Å². The van der Waals surface area contributed by atoms with Crippen molar-refractivity contribution >= 4 is 69.1 Å². The van der Waals surface area contributed by atoms with Crippen molar-refractivity contribution in [1.29, 1.82) is 0 Å². The molecule has 8 nitrogen and oxygen atoms in total. The van der Waals surface area contributed by atoms with Gasteiger partial charge in [-0.25, -0.2) is 19.2 Å². The van der Waals surface area contributed by atoms with Crippen LogP contribution in [0.5, 0.6) is 0 Å². The molecule has 0 fully saturated rings. The molecule has 0 saturated carbocycles. The topological polar surface area (TPSA) is 149 Å². The van der Waals surface area contributed by atoms with E-state index < -0.39 is 40.6 Å². The van der Waals surface area contributed by atoms with Gasteiger partial charge in [-0.3, -0.25) is 0 Å². The lowest BCUT2D eigenvalue weighted by molar-refractivity contribution is 0.0649. The van der Waals surface area contributed by atoms with Crippen molar-refractivity contribution in [3.05, 3.63) is 53.7 Å². The molecular formula is C16H8I2O8. The first-order valence-corrected chi connectivity index (χ1v) is 8.81. The molecule has 26 heavy (non-hydrogen) atoms. The molecule has 0 radical (unpaired) electrons. The second kappa shape index (κ2) is 7.57. The lowest BCUT2D eigenvalue weighted by Crippen LogP contribution is -2.14. The second-order valence-electron chi connectivity index (χ2n) is 4.95. The minimum atomic E-state index is -1.45. The van der Waals surface area contributed by atoms with Gasteiger partial charge in [-0.1, -0.05) is 6.07 Å². The molecule has 134 valence electrons. The third-order valence-electron chi connectivity index (χ3n) is 3.43. The highest BCUT2D eigenvalue weighted by molar-refractivity contribution is 14.1. The van der Waals surface area contributed by atoms with Crippen molar-refractivity contribution in [2.45, 2.75) is 0 Å². The van der Waals surface area contributed by atoms with E-state index in [-0.39, 0.29) is 23.8 Å². The summed E-state index contributed by atoms with van der Waals surface area (Å²) in [5, 5.41) is 37.0. The van der Waals surface area contributed by atoms with Crippen LogP contribution in [0.15, 0.2) is 24.3 Å². The maximum atomic E-state index is 11.6. The average Bonchev–Trinajstić information content (AvgIpc) is 2.54. The van der Waals surface area contributed by atoms with Crippen LogP contribution >= 0.6 is 45.2 Å². The summed E-state index contributed by atoms with van der Waals surface area (Å²) in [7, 11) is 0. The Morgan fingerprint density at radius 1 is 0.692 bits per heavy atom. The van der Waals surface area contributed by atoms with Crippen molar-refractivity contribution in [2.75, 3.05) is 0 Å². The van der Waals surface area contributed by atoms with Gasteiger partial charge in [0.2, 0.25) is 0 Å². The van der Waals surface area contributed by atoms with E-state index in [1.54, 1.807) is 45.2 Å².